The molecule has 594 valence electrons. The van der Waals surface area contributed by atoms with Crippen molar-refractivity contribution < 1.29 is 73.1 Å². The highest BCUT2D eigenvalue weighted by atomic mass is 19.1. The molecule has 10 aromatic rings. The van der Waals surface area contributed by atoms with Crippen LogP contribution in [0.4, 0.5) is 4.39 Å². The molecule has 35 heteroatoms. The van der Waals surface area contributed by atoms with Gasteiger partial charge < -0.3 is 72.8 Å². The Kier molecular flexibility index (Phi) is 22.5. The number of pyridine rings is 4. The monoisotopic (exact) mass is 1570 g/mol. The van der Waals surface area contributed by atoms with E-state index in [2.05, 4.69) is 92.9 Å². The number of benzene rings is 1. The Morgan fingerprint density at radius 2 is 0.879 bits per heavy atom. The Bertz CT molecular complexity index is 5760. The third kappa shape index (κ3) is 16.7. The van der Waals surface area contributed by atoms with Crippen LogP contribution in [0.2, 0.25) is 0 Å². The van der Waals surface area contributed by atoms with E-state index in [0.717, 1.165) is 48.1 Å². The zero-order valence-electron chi connectivity index (χ0n) is 63.5. The van der Waals surface area contributed by atoms with E-state index in [1.807, 2.05) is 0 Å². The number of nitrogens with zero attached hydrogens (tertiary/aromatic N) is 16. The van der Waals surface area contributed by atoms with Gasteiger partial charge in [-0.25, -0.2) is 43.1 Å². The first-order chi connectivity index (χ1) is 55.2. The molecule has 6 atom stereocenters. The van der Waals surface area contributed by atoms with Crippen molar-refractivity contribution in [3.8, 4) is 70.6 Å². The molecule has 3 aliphatic heterocycles. The number of carbonyl (C=O) groups excluding carboxylic acids is 7. The van der Waals surface area contributed by atoms with Crippen LogP contribution in [-0.4, -0.2) is 221 Å². The lowest BCUT2D eigenvalue weighted by atomic mass is 9.93. The van der Waals surface area contributed by atoms with E-state index in [1.54, 1.807) is 100 Å². The fourth-order valence-electron chi connectivity index (χ4n) is 14.1. The highest BCUT2D eigenvalue weighted by Gasteiger charge is 2.45. The molecule has 0 bridgehead atoms. The topological polar surface area (TPSA) is 504 Å². The number of aliphatic hydroxyl groups is 6. The summed E-state index contributed by atoms with van der Waals surface area (Å²) in [5, 5.41) is 83.5. The van der Waals surface area contributed by atoms with Crippen molar-refractivity contribution >= 4 is 52.3 Å². The molecule has 7 amide bonds. The van der Waals surface area contributed by atoms with Gasteiger partial charge in [0.25, 0.3) is 41.4 Å². The molecule has 9 aromatic heterocycles. The van der Waals surface area contributed by atoms with Crippen molar-refractivity contribution in [2.75, 3.05) is 40.8 Å². The van der Waals surface area contributed by atoms with Crippen LogP contribution in [0, 0.1) is 60.1 Å². The molecule has 16 rings (SSSR count). The minimum absolute atomic E-state index is 0.00723. The van der Waals surface area contributed by atoms with Gasteiger partial charge in [0.1, 0.15) is 17.3 Å². The molecule has 0 spiro atoms. The van der Waals surface area contributed by atoms with Crippen molar-refractivity contribution in [3.05, 3.63) is 194 Å². The Balaban J connectivity index is 0.000000135. The third-order valence-electron chi connectivity index (χ3n) is 20.4. The summed E-state index contributed by atoms with van der Waals surface area (Å²) in [5.74, 6) is 20.1. The van der Waals surface area contributed by atoms with Gasteiger partial charge >= 0.3 is 0 Å². The van der Waals surface area contributed by atoms with Gasteiger partial charge in [-0.2, -0.15) is 20.4 Å². The molecule has 12 heterocycles. The molecule has 3 saturated heterocycles. The molecule has 34 nitrogen and oxygen atoms in total. The second-order valence-electron chi connectivity index (χ2n) is 29.0. The number of carbonyl (C=O) groups is 7. The molecule has 14 N–H and O–H groups in total. The summed E-state index contributed by atoms with van der Waals surface area (Å²) < 4.78 is 24.8. The molecule has 3 aliphatic carbocycles. The quantitative estimate of drug-likeness (QED) is 0.0890. The Morgan fingerprint density at radius 1 is 0.509 bits per heavy atom. The van der Waals surface area contributed by atoms with Gasteiger partial charge in [0.15, 0.2) is 51.6 Å². The minimum Gasteiger partial charge on any atom is -0.393 e. The van der Waals surface area contributed by atoms with E-state index in [9.17, 15) is 68.6 Å². The van der Waals surface area contributed by atoms with E-state index in [1.165, 1.54) is 65.5 Å². The summed E-state index contributed by atoms with van der Waals surface area (Å²) in [5.41, 5.74) is 23.5. The lowest BCUT2D eigenvalue weighted by Gasteiger charge is -2.18. The maximum absolute atomic E-state index is 13.8. The fraction of sp³-hybridized carbons (Fsp3) is 0.333. The zero-order chi connectivity index (χ0) is 82.9. The molecule has 116 heavy (non-hydrogen) atoms. The first-order valence-corrected chi connectivity index (χ1v) is 36.8. The van der Waals surface area contributed by atoms with Crippen LogP contribution in [0.15, 0.2) is 102 Å². The largest absolute Gasteiger partial charge is 0.393 e. The van der Waals surface area contributed by atoms with Gasteiger partial charge in [0, 0.05) is 154 Å². The fourth-order valence-corrected chi connectivity index (χ4v) is 14.1. The molecular formula is C81H79FN20O14. The average molecular weight is 1580 g/mol. The van der Waals surface area contributed by atoms with Crippen LogP contribution >= 0.6 is 0 Å². The Morgan fingerprint density at radius 3 is 1.26 bits per heavy atom. The van der Waals surface area contributed by atoms with Crippen molar-refractivity contribution in [1.82, 2.24) is 78.9 Å². The first-order valence-electron chi connectivity index (χ1n) is 36.8. The van der Waals surface area contributed by atoms with Crippen LogP contribution in [-0.2, 0) is 58.5 Å². The summed E-state index contributed by atoms with van der Waals surface area (Å²) in [4.78, 5) is 105. The van der Waals surface area contributed by atoms with Crippen molar-refractivity contribution in [1.29, 1.82) is 0 Å². The molecule has 3 fully saturated rings. The van der Waals surface area contributed by atoms with Crippen LogP contribution in [0.5, 0.6) is 0 Å². The smallest absolute Gasteiger partial charge is 0.269 e. The number of aromatic nitrogens is 13. The minimum atomic E-state index is -1.72. The van der Waals surface area contributed by atoms with E-state index in [4.69, 9.17) is 27.5 Å². The van der Waals surface area contributed by atoms with Crippen molar-refractivity contribution in [2.45, 2.75) is 132 Å². The van der Waals surface area contributed by atoms with Gasteiger partial charge in [0.05, 0.1) is 34.8 Å². The first kappa shape index (κ1) is 80.4. The van der Waals surface area contributed by atoms with Gasteiger partial charge in [0.2, 0.25) is 16.8 Å². The van der Waals surface area contributed by atoms with E-state index < -0.39 is 81.8 Å². The van der Waals surface area contributed by atoms with Gasteiger partial charge in [-0.1, -0.05) is 52.5 Å². The molecule has 0 saturated carbocycles. The normalized spacial score (nSPS) is 20.2. The number of amides is 7. The maximum atomic E-state index is 13.8. The standard InChI is InChI=1S/C21H21N5O3.C20H16FN5O3.2C20H21N5O4/c1-13-11-17(25-29-13)21(2,28)9-7-14-8-10-23-18(12-14)26-16-6-4-3-5-15(16)19(24-26)20(22)27;1-25-9-7-20(29,19(25)28)6-4-12-5-8-23-16(10-12)26-15-11-13(21)2-3-14(15)17(24-26)18(22)27;2*1-24-9-7-20(29,19(24)28)6-4-12-5-8-22-16(10-12)25-15-11-13(26)2-3-14(15)17(23-25)18(21)27/h8,10-12,28H,3-6H2,1-2H3,(H2,22,27);2-3,5,8,10-11,29H,7,9H2,1H3,(H2,22,27);2*5,8,10,13,26,29H,2-3,7,9,11H2,1H3,(H2,21,27)/t21-;20-;13-,20+;13-,20-/m1010/s1. The summed E-state index contributed by atoms with van der Waals surface area (Å²) in [6, 6.07) is 18.8. The number of rotatable bonds is 9. The number of fused-ring (bicyclic) bond motifs is 4. The van der Waals surface area contributed by atoms with Crippen molar-refractivity contribution in [3.63, 3.8) is 0 Å². The maximum Gasteiger partial charge on any atom is 0.269 e. The number of primary amides is 4. The van der Waals surface area contributed by atoms with Gasteiger partial charge in [-0.3, -0.25) is 33.6 Å². The molecule has 0 radical (unpaired) electrons. The highest BCUT2D eigenvalue weighted by Crippen LogP contribution is 2.33. The number of halogens is 1. The number of likely N-dealkylation sites (tertiary alicyclic amines) is 3. The lowest BCUT2D eigenvalue weighted by molar-refractivity contribution is -0.138. The SMILES string of the molecule is CN1CC[C@@](O)(C#Cc2ccnc(-n3nc(C(N)=O)c4c3C[C@@H](O)CC4)c2)C1=O.CN1CC[C@@](O)(C#Cc2ccnc(-n3nc(C(N)=O)c4c3C[C@H](O)CC4)c2)C1=O.CN1CC[C@@](O)(C#Cc2ccnc(-n3nc(C(N)=O)c4ccc(F)cc43)c2)C1=O.Cc1cc([C@](C)(O)C#Cc2ccnc(-n3nc(C(N)=O)c4c3CCCC4)c2)no1. The predicted molar refractivity (Wildman–Crippen MR) is 410 cm³/mol. The molecule has 0 unspecified atom stereocenters. The Hall–Kier alpha value is -13.7. The Labute approximate surface area is 661 Å². The molecular weight excluding hydrogens is 1500 g/mol. The number of hydrogen-bond acceptors (Lipinski definition) is 23. The third-order valence-corrected chi connectivity index (χ3v) is 20.4. The van der Waals surface area contributed by atoms with Crippen LogP contribution in [0.25, 0.3) is 34.2 Å². The molecule has 1 aromatic carbocycles. The average Bonchev–Trinajstić information content (AvgIpc) is 1.62. The number of aliphatic hydroxyl groups excluding tert-OH is 2. The van der Waals surface area contributed by atoms with Gasteiger partial charge in [-0.15, -0.1) is 0 Å². The second-order valence-corrected chi connectivity index (χ2v) is 29.0. The predicted octanol–water partition coefficient (Wildman–Crippen LogP) is 0.725. The highest BCUT2D eigenvalue weighted by molar-refractivity contribution is 6.04. The molecule has 6 aliphatic rings. The summed E-state index contributed by atoms with van der Waals surface area (Å²) in [7, 11) is 4.85. The summed E-state index contributed by atoms with van der Waals surface area (Å²) in [6.07, 6.45) is 12.2. The number of hydrogen-bond donors (Lipinski definition) is 10. The van der Waals surface area contributed by atoms with Crippen LogP contribution in [0.3, 0.4) is 0 Å². The summed E-state index contributed by atoms with van der Waals surface area (Å²) in [6.45, 7) is 4.63. The van der Waals surface area contributed by atoms with Crippen LogP contribution in [0.1, 0.15) is 161 Å². The van der Waals surface area contributed by atoms with Crippen molar-refractivity contribution in [2.24, 2.45) is 22.9 Å². The van der Waals surface area contributed by atoms with Gasteiger partial charge in [-0.05, 0) is 126 Å². The zero-order valence-corrected chi connectivity index (χ0v) is 63.5. The van der Waals surface area contributed by atoms with Crippen LogP contribution < -0.4 is 22.9 Å². The number of nitrogens with two attached hydrogens (primary N) is 4. The lowest BCUT2D eigenvalue weighted by Crippen LogP contribution is -2.37. The number of likely N-dealkylation sites (N-methyl/N-ethyl adjacent to an activating group) is 3. The summed E-state index contributed by atoms with van der Waals surface area (Å²) >= 11 is 0. The van der Waals surface area contributed by atoms with E-state index in [0.29, 0.717) is 137 Å². The van der Waals surface area contributed by atoms with E-state index in [-0.39, 0.29) is 42.2 Å². The number of aryl methyl sites for hydroxylation is 1. The second kappa shape index (κ2) is 32.4. The van der Waals surface area contributed by atoms with E-state index >= 15 is 0 Å².